The standard InChI is InChI=1S/C10H17N3S/c1-3-13-7-9(6-11-13)12-10-4-5-14-8(10)2/h6-8,10,12H,3-5H2,1-2H3. The Morgan fingerprint density at radius 2 is 2.57 bits per heavy atom. The van der Waals surface area contributed by atoms with E-state index in [1.165, 1.54) is 12.2 Å². The highest BCUT2D eigenvalue weighted by Crippen LogP contribution is 2.28. The van der Waals surface area contributed by atoms with Crippen molar-refractivity contribution in [1.29, 1.82) is 0 Å². The molecule has 1 N–H and O–H groups in total. The normalized spacial score (nSPS) is 26.7. The summed E-state index contributed by atoms with van der Waals surface area (Å²) in [7, 11) is 0. The van der Waals surface area contributed by atoms with Crippen LogP contribution in [0.25, 0.3) is 0 Å². The molecule has 0 aromatic carbocycles. The molecule has 1 aliphatic heterocycles. The number of nitrogens with one attached hydrogen (secondary N) is 1. The van der Waals surface area contributed by atoms with E-state index in [4.69, 9.17) is 0 Å². The van der Waals surface area contributed by atoms with E-state index in [0.29, 0.717) is 6.04 Å². The van der Waals surface area contributed by atoms with Gasteiger partial charge in [-0.3, -0.25) is 4.68 Å². The maximum absolute atomic E-state index is 4.25. The van der Waals surface area contributed by atoms with Gasteiger partial charge in [-0.15, -0.1) is 0 Å². The van der Waals surface area contributed by atoms with E-state index in [-0.39, 0.29) is 0 Å². The van der Waals surface area contributed by atoms with Crippen LogP contribution in [-0.2, 0) is 6.54 Å². The molecule has 1 fully saturated rings. The van der Waals surface area contributed by atoms with Gasteiger partial charge in [-0.1, -0.05) is 6.92 Å². The highest BCUT2D eigenvalue weighted by molar-refractivity contribution is 8.00. The average Bonchev–Trinajstić information content (AvgIpc) is 2.77. The van der Waals surface area contributed by atoms with E-state index >= 15 is 0 Å². The molecule has 78 valence electrons. The van der Waals surface area contributed by atoms with E-state index in [1.807, 2.05) is 22.6 Å². The topological polar surface area (TPSA) is 29.9 Å². The summed E-state index contributed by atoms with van der Waals surface area (Å²) in [6.07, 6.45) is 5.26. The lowest BCUT2D eigenvalue weighted by Crippen LogP contribution is -2.24. The van der Waals surface area contributed by atoms with Gasteiger partial charge >= 0.3 is 0 Å². The second-order valence-electron chi connectivity index (χ2n) is 3.70. The van der Waals surface area contributed by atoms with Gasteiger partial charge in [0.05, 0.1) is 11.9 Å². The van der Waals surface area contributed by atoms with Gasteiger partial charge in [0.2, 0.25) is 0 Å². The Morgan fingerprint density at radius 3 is 3.14 bits per heavy atom. The molecule has 0 radical (unpaired) electrons. The largest absolute Gasteiger partial charge is 0.379 e. The van der Waals surface area contributed by atoms with E-state index < -0.39 is 0 Å². The molecule has 0 bridgehead atoms. The molecule has 1 aliphatic rings. The third-order valence-corrected chi connectivity index (χ3v) is 4.01. The lowest BCUT2D eigenvalue weighted by molar-refractivity contribution is 0.659. The van der Waals surface area contributed by atoms with Crippen LogP contribution in [0, 0.1) is 0 Å². The van der Waals surface area contributed by atoms with Crippen molar-refractivity contribution in [3.05, 3.63) is 12.4 Å². The SMILES string of the molecule is CCn1cc(NC2CCSC2C)cn1. The maximum Gasteiger partial charge on any atom is 0.0729 e. The summed E-state index contributed by atoms with van der Waals surface area (Å²) in [5.74, 6) is 1.28. The summed E-state index contributed by atoms with van der Waals surface area (Å²) < 4.78 is 1.95. The number of aryl methyl sites for hydroxylation is 1. The summed E-state index contributed by atoms with van der Waals surface area (Å²) in [5, 5.41) is 8.51. The van der Waals surface area contributed by atoms with Crippen LogP contribution >= 0.6 is 11.8 Å². The predicted octanol–water partition coefficient (Wildman–Crippen LogP) is 2.21. The summed E-state index contributed by atoms with van der Waals surface area (Å²) in [5.41, 5.74) is 1.16. The van der Waals surface area contributed by atoms with Gasteiger partial charge in [0.15, 0.2) is 0 Å². The number of rotatable bonds is 3. The van der Waals surface area contributed by atoms with Crippen molar-refractivity contribution in [1.82, 2.24) is 9.78 Å². The van der Waals surface area contributed by atoms with Gasteiger partial charge in [0.1, 0.15) is 0 Å². The summed E-state index contributed by atoms with van der Waals surface area (Å²) in [6.45, 7) is 5.33. The molecule has 2 unspecified atom stereocenters. The number of hydrogen-bond donors (Lipinski definition) is 1. The van der Waals surface area contributed by atoms with Crippen LogP contribution in [0.15, 0.2) is 12.4 Å². The molecule has 2 rings (SSSR count). The minimum atomic E-state index is 0.620. The number of thioether (sulfide) groups is 1. The molecular formula is C10H17N3S. The third-order valence-electron chi connectivity index (χ3n) is 2.69. The van der Waals surface area contributed by atoms with Gasteiger partial charge in [-0.05, 0) is 19.1 Å². The minimum Gasteiger partial charge on any atom is -0.379 e. The molecule has 0 amide bonds. The van der Waals surface area contributed by atoms with Gasteiger partial charge in [-0.25, -0.2) is 0 Å². The molecule has 1 aromatic heterocycles. The number of anilines is 1. The van der Waals surface area contributed by atoms with Crippen LogP contribution in [0.1, 0.15) is 20.3 Å². The molecule has 14 heavy (non-hydrogen) atoms. The first-order chi connectivity index (χ1) is 6.79. The lowest BCUT2D eigenvalue weighted by Gasteiger charge is -2.15. The Hall–Kier alpha value is -0.640. The summed E-state index contributed by atoms with van der Waals surface area (Å²) >= 11 is 2.05. The van der Waals surface area contributed by atoms with E-state index in [1.54, 1.807) is 0 Å². The fourth-order valence-corrected chi connectivity index (χ4v) is 2.94. The highest BCUT2D eigenvalue weighted by atomic mass is 32.2. The van der Waals surface area contributed by atoms with Crippen LogP contribution in [0.2, 0.25) is 0 Å². The predicted molar refractivity (Wildman–Crippen MR) is 61.8 cm³/mol. The van der Waals surface area contributed by atoms with Crippen LogP contribution in [-0.4, -0.2) is 26.8 Å². The molecule has 0 spiro atoms. The second kappa shape index (κ2) is 4.26. The monoisotopic (exact) mass is 211 g/mol. The lowest BCUT2D eigenvalue weighted by atomic mass is 10.2. The van der Waals surface area contributed by atoms with Gasteiger partial charge < -0.3 is 5.32 Å². The molecule has 2 heterocycles. The maximum atomic E-state index is 4.25. The first-order valence-corrected chi connectivity index (χ1v) is 6.25. The molecule has 0 aliphatic carbocycles. The van der Waals surface area contributed by atoms with Gasteiger partial charge in [-0.2, -0.15) is 16.9 Å². The first kappa shape index (κ1) is 9.90. The van der Waals surface area contributed by atoms with Crippen LogP contribution in [0.5, 0.6) is 0 Å². The molecule has 2 atom stereocenters. The zero-order valence-electron chi connectivity index (χ0n) is 8.73. The summed E-state index contributed by atoms with van der Waals surface area (Å²) in [4.78, 5) is 0. The molecule has 4 heteroatoms. The van der Waals surface area contributed by atoms with Crippen molar-refractivity contribution in [2.75, 3.05) is 11.1 Å². The Balaban J connectivity index is 1.96. The Bertz CT molecular complexity index is 297. The Morgan fingerprint density at radius 1 is 1.71 bits per heavy atom. The summed E-state index contributed by atoms with van der Waals surface area (Å²) in [6, 6.07) is 0.620. The molecule has 3 nitrogen and oxygen atoms in total. The zero-order valence-corrected chi connectivity index (χ0v) is 9.55. The van der Waals surface area contributed by atoms with Crippen molar-refractivity contribution in [3.63, 3.8) is 0 Å². The smallest absolute Gasteiger partial charge is 0.0729 e. The zero-order chi connectivity index (χ0) is 9.97. The van der Waals surface area contributed by atoms with E-state index in [9.17, 15) is 0 Å². The number of aromatic nitrogens is 2. The van der Waals surface area contributed by atoms with Crippen molar-refractivity contribution >= 4 is 17.4 Å². The fraction of sp³-hybridized carbons (Fsp3) is 0.700. The van der Waals surface area contributed by atoms with Crippen molar-refractivity contribution in [2.45, 2.75) is 38.1 Å². The molecule has 1 aromatic rings. The van der Waals surface area contributed by atoms with E-state index in [0.717, 1.165) is 17.5 Å². The van der Waals surface area contributed by atoms with Crippen LogP contribution < -0.4 is 5.32 Å². The second-order valence-corrected chi connectivity index (χ2v) is 5.19. The number of nitrogens with zero attached hydrogens (tertiary/aromatic N) is 2. The Labute approximate surface area is 89.3 Å². The van der Waals surface area contributed by atoms with Gasteiger partial charge in [0, 0.05) is 24.0 Å². The average molecular weight is 211 g/mol. The molecular weight excluding hydrogens is 194 g/mol. The highest BCUT2D eigenvalue weighted by Gasteiger charge is 2.23. The quantitative estimate of drug-likeness (QED) is 0.831. The van der Waals surface area contributed by atoms with Crippen LogP contribution in [0.3, 0.4) is 0 Å². The third kappa shape index (κ3) is 2.05. The van der Waals surface area contributed by atoms with Gasteiger partial charge in [0.25, 0.3) is 0 Å². The van der Waals surface area contributed by atoms with Crippen molar-refractivity contribution in [2.24, 2.45) is 0 Å². The molecule has 1 saturated heterocycles. The van der Waals surface area contributed by atoms with Crippen molar-refractivity contribution in [3.8, 4) is 0 Å². The van der Waals surface area contributed by atoms with E-state index in [2.05, 4.69) is 30.5 Å². The number of hydrogen-bond acceptors (Lipinski definition) is 3. The van der Waals surface area contributed by atoms with Crippen molar-refractivity contribution < 1.29 is 0 Å². The first-order valence-electron chi connectivity index (χ1n) is 5.20. The fourth-order valence-electron chi connectivity index (χ4n) is 1.75. The molecule has 0 saturated carbocycles. The Kier molecular flexibility index (Phi) is 3.01. The van der Waals surface area contributed by atoms with Crippen LogP contribution in [0.4, 0.5) is 5.69 Å². The minimum absolute atomic E-state index is 0.620.